The zero-order valence-corrected chi connectivity index (χ0v) is 12.8. The van der Waals surface area contributed by atoms with Gasteiger partial charge in [-0.15, -0.1) is 0 Å². The summed E-state index contributed by atoms with van der Waals surface area (Å²) in [6, 6.07) is 11.3. The fourth-order valence-corrected chi connectivity index (χ4v) is 3.10. The van der Waals surface area contributed by atoms with E-state index in [1.54, 1.807) is 6.07 Å². The van der Waals surface area contributed by atoms with Crippen molar-refractivity contribution >= 4 is 40.5 Å². The third-order valence-corrected chi connectivity index (χ3v) is 4.10. The maximum absolute atomic E-state index is 6.19. The van der Waals surface area contributed by atoms with E-state index in [-0.39, 0.29) is 6.04 Å². The monoisotopic (exact) mass is 327 g/mol. The fourth-order valence-electron chi connectivity index (χ4n) is 2.34. The van der Waals surface area contributed by atoms with E-state index in [4.69, 9.17) is 39.5 Å². The van der Waals surface area contributed by atoms with Crippen molar-refractivity contribution in [3.8, 4) is 5.75 Å². The standard InChI is InChI=1S/C15H12Cl3NO/c16-9-7-10-13(5-6-20-15(10)12(18)8-9)19-14-4-2-1-3-11(14)17/h1-4,7-8,13,19H,5-6H2. The Bertz CT molecular complexity index is 645. The molecular formula is C15H12Cl3NO. The van der Waals surface area contributed by atoms with Crippen LogP contribution < -0.4 is 10.1 Å². The molecule has 1 N–H and O–H groups in total. The van der Waals surface area contributed by atoms with Crippen molar-refractivity contribution in [3.05, 3.63) is 57.0 Å². The summed E-state index contributed by atoms with van der Waals surface area (Å²) in [6.45, 7) is 0.608. The highest BCUT2D eigenvalue weighted by Crippen LogP contribution is 2.41. The predicted molar refractivity (Wildman–Crippen MR) is 84.4 cm³/mol. The molecule has 1 aliphatic heterocycles. The maximum atomic E-state index is 6.19. The van der Waals surface area contributed by atoms with Gasteiger partial charge in [0.05, 0.1) is 28.4 Å². The lowest BCUT2D eigenvalue weighted by Gasteiger charge is -2.28. The number of fused-ring (bicyclic) bond motifs is 1. The van der Waals surface area contributed by atoms with Gasteiger partial charge < -0.3 is 10.1 Å². The molecule has 1 aliphatic rings. The van der Waals surface area contributed by atoms with E-state index in [0.717, 1.165) is 17.7 Å². The first-order chi connectivity index (χ1) is 9.65. The van der Waals surface area contributed by atoms with Crippen molar-refractivity contribution in [1.29, 1.82) is 0 Å². The summed E-state index contributed by atoms with van der Waals surface area (Å²) in [4.78, 5) is 0. The molecule has 2 aromatic carbocycles. The minimum Gasteiger partial charge on any atom is -0.492 e. The molecule has 0 bridgehead atoms. The van der Waals surface area contributed by atoms with Gasteiger partial charge in [0.15, 0.2) is 0 Å². The summed E-state index contributed by atoms with van der Waals surface area (Å²) < 4.78 is 5.64. The Labute approximate surface area is 132 Å². The number of benzene rings is 2. The number of halogens is 3. The summed E-state index contributed by atoms with van der Waals surface area (Å²) in [6.07, 6.45) is 0.828. The van der Waals surface area contributed by atoms with Crippen LogP contribution in [0, 0.1) is 0 Å². The van der Waals surface area contributed by atoms with Crippen molar-refractivity contribution in [1.82, 2.24) is 0 Å². The lowest BCUT2D eigenvalue weighted by Crippen LogP contribution is -2.20. The quantitative estimate of drug-likeness (QED) is 0.776. The molecule has 0 aliphatic carbocycles. The molecule has 0 saturated heterocycles. The minimum absolute atomic E-state index is 0.0786. The largest absolute Gasteiger partial charge is 0.492 e. The van der Waals surface area contributed by atoms with E-state index in [0.29, 0.717) is 27.4 Å². The maximum Gasteiger partial charge on any atom is 0.143 e. The van der Waals surface area contributed by atoms with E-state index in [1.807, 2.05) is 30.3 Å². The Hall–Kier alpha value is -1.09. The van der Waals surface area contributed by atoms with E-state index >= 15 is 0 Å². The number of hydrogen-bond acceptors (Lipinski definition) is 2. The van der Waals surface area contributed by atoms with Crippen LogP contribution in [0.3, 0.4) is 0 Å². The van der Waals surface area contributed by atoms with Crippen LogP contribution in [0.15, 0.2) is 36.4 Å². The second kappa shape index (κ2) is 5.72. The number of para-hydroxylation sites is 1. The first-order valence-corrected chi connectivity index (χ1v) is 7.41. The van der Waals surface area contributed by atoms with Gasteiger partial charge in [-0.25, -0.2) is 0 Å². The molecule has 2 nitrogen and oxygen atoms in total. The molecule has 3 rings (SSSR count). The second-order valence-corrected chi connectivity index (χ2v) is 5.87. The summed E-state index contributed by atoms with van der Waals surface area (Å²) in [7, 11) is 0. The Morgan fingerprint density at radius 2 is 1.85 bits per heavy atom. The lowest BCUT2D eigenvalue weighted by molar-refractivity contribution is 0.274. The zero-order chi connectivity index (χ0) is 14.1. The summed E-state index contributed by atoms with van der Waals surface area (Å²) in [5.41, 5.74) is 1.86. The van der Waals surface area contributed by atoms with E-state index in [2.05, 4.69) is 5.32 Å². The predicted octanol–water partition coefficient (Wildman–Crippen LogP) is 5.58. The topological polar surface area (TPSA) is 21.3 Å². The molecule has 0 aromatic heterocycles. The Balaban J connectivity index is 1.96. The van der Waals surface area contributed by atoms with Crippen LogP contribution in [0.1, 0.15) is 18.0 Å². The first-order valence-electron chi connectivity index (χ1n) is 6.28. The second-order valence-electron chi connectivity index (χ2n) is 4.62. The van der Waals surface area contributed by atoms with Crippen molar-refractivity contribution < 1.29 is 4.74 Å². The number of nitrogens with one attached hydrogen (secondary N) is 1. The fraction of sp³-hybridized carbons (Fsp3) is 0.200. The highest BCUT2D eigenvalue weighted by atomic mass is 35.5. The van der Waals surface area contributed by atoms with Gasteiger partial charge in [0.2, 0.25) is 0 Å². The molecule has 5 heteroatoms. The van der Waals surface area contributed by atoms with Crippen LogP contribution in [-0.4, -0.2) is 6.61 Å². The van der Waals surface area contributed by atoms with Crippen molar-refractivity contribution in [3.63, 3.8) is 0 Å². The zero-order valence-electron chi connectivity index (χ0n) is 10.5. The van der Waals surface area contributed by atoms with Crippen LogP contribution in [0.4, 0.5) is 5.69 Å². The van der Waals surface area contributed by atoms with Gasteiger partial charge >= 0.3 is 0 Å². The Morgan fingerprint density at radius 3 is 2.65 bits per heavy atom. The third kappa shape index (κ3) is 2.69. The average Bonchev–Trinajstić information content (AvgIpc) is 2.42. The number of rotatable bonds is 2. The summed E-state index contributed by atoms with van der Waals surface area (Å²) in [5.74, 6) is 0.701. The minimum atomic E-state index is 0.0786. The SMILES string of the molecule is Clc1cc(Cl)c2c(c1)C(Nc1ccccc1Cl)CCO2. The van der Waals surface area contributed by atoms with Crippen LogP contribution in [0.2, 0.25) is 15.1 Å². The van der Waals surface area contributed by atoms with Gasteiger partial charge in [-0.05, 0) is 24.3 Å². The molecule has 20 heavy (non-hydrogen) atoms. The molecule has 0 spiro atoms. The van der Waals surface area contributed by atoms with Gasteiger partial charge in [-0.1, -0.05) is 46.9 Å². The summed E-state index contributed by atoms with van der Waals surface area (Å²) >= 11 is 18.5. The Kier molecular flexibility index (Phi) is 3.97. The molecule has 0 saturated carbocycles. The van der Waals surface area contributed by atoms with Gasteiger partial charge in [0.1, 0.15) is 5.75 Å². The number of anilines is 1. The van der Waals surface area contributed by atoms with Crippen LogP contribution in [0.5, 0.6) is 5.75 Å². The smallest absolute Gasteiger partial charge is 0.143 e. The van der Waals surface area contributed by atoms with E-state index < -0.39 is 0 Å². The van der Waals surface area contributed by atoms with Crippen LogP contribution >= 0.6 is 34.8 Å². The normalized spacial score (nSPS) is 17.2. The number of hydrogen-bond donors (Lipinski definition) is 1. The first kappa shape index (κ1) is 13.9. The van der Waals surface area contributed by atoms with Crippen LogP contribution in [-0.2, 0) is 0 Å². The molecule has 2 aromatic rings. The summed E-state index contributed by atoms with van der Waals surface area (Å²) in [5, 5.41) is 5.26. The molecule has 104 valence electrons. The van der Waals surface area contributed by atoms with Crippen LogP contribution in [0.25, 0.3) is 0 Å². The molecule has 0 radical (unpaired) electrons. The highest BCUT2D eigenvalue weighted by molar-refractivity contribution is 6.35. The van der Waals surface area contributed by atoms with Gasteiger partial charge in [0, 0.05) is 17.0 Å². The van der Waals surface area contributed by atoms with Gasteiger partial charge in [-0.3, -0.25) is 0 Å². The molecule has 1 heterocycles. The van der Waals surface area contributed by atoms with Gasteiger partial charge in [-0.2, -0.15) is 0 Å². The highest BCUT2D eigenvalue weighted by Gasteiger charge is 2.24. The average molecular weight is 329 g/mol. The van der Waals surface area contributed by atoms with E-state index in [9.17, 15) is 0 Å². The third-order valence-electron chi connectivity index (χ3n) is 3.27. The molecular weight excluding hydrogens is 317 g/mol. The van der Waals surface area contributed by atoms with Crippen molar-refractivity contribution in [2.45, 2.75) is 12.5 Å². The molecule has 1 unspecified atom stereocenters. The van der Waals surface area contributed by atoms with Crippen molar-refractivity contribution in [2.75, 3.05) is 11.9 Å². The molecule has 1 atom stereocenters. The Morgan fingerprint density at radius 1 is 1.05 bits per heavy atom. The van der Waals surface area contributed by atoms with E-state index in [1.165, 1.54) is 0 Å². The molecule has 0 fully saturated rings. The van der Waals surface area contributed by atoms with Gasteiger partial charge in [0.25, 0.3) is 0 Å². The number of ether oxygens (including phenoxy) is 1. The van der Waals surface area contributed by atoms with Crippen molar-refractivity contribution in [2.24, 2.45) is 0 Å². The lowest BCUT2D eigenvalue weighted by atomic mass is 10.00. The molecule has 0 amide bonds.